The molecule has 1 aromatic rings. The van der Waals surface area contributed by atoms with E-state index in [0.717, 1.165) is 25.1 Å². The van der Waals surface area contributed by atoms with Gasteiger partial charge in [-0.25, -0.2) is 8.42 Å². The Bertz CT molecular complexity index is 576. The second kappa shape index (κ2) is 5.02. The third-order valence-corrected chi connectivity index (χ3v) is 4.99. The molecule has 0 aromatic heterocycles. The minimum Gasteiger partial charge on any atom is -0.366 e. The van der Waals surface area contributed by atoms with Gasteiger partial charge in [0.05, 0.1) is 24.7 Å². The highest BCUT2D eigenvalue weighted by atomic mass is 32.2. The van der Waals surface area contributed by atoms with Gasteiger partial charge in [-0.15, -0.1) is 0 Å². The monoisotopic (exact) mass is 297 g/mol. The van der Waals surface area contributed by atoms with Crippen molar-refractivity contribution >= 4 is 15.5 Å². The molecule has 6 heteroatoms. The number of ether oxygens (including phenoxy) is 2. The number of hydrogen-bond acceptors (Lipinski definition) is 5. The largest absolute Gasteiger partial charge is 0.366 e. The standard InChI is InChI=1S/C14H19NO4S/c1-20(16,17)13-5-3-12(4-6-13)15-8-2-7-14(11-15)18-9-10-19-14/h3-6H,2,7-11H2,1H3. The van der Waals surface area contributed by atoms with E-state index in [1.807, 2.05) is 12.1 Å². The van der Waals surface area contributed by atoms with Crippen LogP contribution in [0.15, 0.2) is 29.2 Å². The lowest BCUT2D eigenvalue weighted by molar-refractivity contribution is -0.161. The highest BCUT2D eigenvalue weighted by molar-refractivity contribution is 7.90. The van der Waals surface area contributed by atoms with Crippen LogP contribution >= 0.6 is 0 Å². The molecule has 0 bridgehead atoms. The van der Waals surface area contributed by atoms with Gasteiger partial charge in [-0.2, -0.15) is 0 Å². The van der Waals surface area contributed by atoms with Crippen molar-refractivity contribution in [3.05, 3.63) is 24.3 Å². The van der Waals surface area contributed by atoms with Crippen molar-refractivity contribution in [2.24, 2.45) is 0 Å². The molecule has 2 aliphatic heterocycles. The molecule has 3 rings (SSSR count). The van der Waals surface area contributed by atoms with Crippen molar-refractivity contribution in [3.8, 4) is 0 Å². The van der Waals surface area contributed by atoms with Gasteiger partial charge in [-0.3, -0.25) is 0 Å². The molecular weight excluding hydrogens is 278 g/mol. The molecule has 0 saturated carbocycles. The van der Waals surface area contributed by atoms with Crippen molar-refractivity contribution in [1.82, 2.24) is 0 Å². The summed E-state index contributed by atoms with van der Waals surface area (Å²) in [4.78, 5) is 2.54. The Balaban J connectivity index is 1.79. The van der Waals surface area contributed by atoms with Crippen LogP contribution in [0.5, 0.6) is 0 Å². The van der Waals surface area contributed by atoms with Crippen molar-refractivity contribution in [2.75, 3.05) is 37.5 Å². The number of hydrogen-bond donors (Lipinski definition) is 0. The van der Waals surface area contributed by atoms with Gasteiger partial charge < -0.3 is 14.4 Å². The molecule has 2 heterocycles. The second-order valence-electron chi connectivity index (χ2n) is 5.40. The van der Waals surface area contributed by atoms with E-state index in [4.69, 9.17) is 9.47 Å². The average Bonchev–Trinajstić information content (AvgIpc) is 2.86. The minimum absolute atomic E-state index is 0.348. The van der Waals surface area contributed by atoms with Crippen LogP contribution in [0.4, 0.5) is 5.69 Å². The first kappa shape index (κ1) is 13.9. The van der Waals surface area contributed by atoms with Crippen molar-refractivity contribution in [3.63, 3.8) is 0 Å². The van der Waals surface area contributed by atoms with Gasteiger partial charge in [-0.05, 0) is 30.7 Å². The summed E-state index contributed by atoms with van der Waals surface area (Å²) in [5.41, 5.74) is 1.01. The summed E-state index contributed by atoms with van der Waals surface area (Å²) in [7, 11) is -3.14. The van der Waals surface area contributed by atoms with Crippen LogP contribution in [0.3, 0.4) is 0 Å². The smallest absolute Gasteiger partial charge is 0.186 e. The predicted octanol–water partition coefficient (Wildman–Crippen LogP) is 1.43. The zero-order chi connectivity index (χ0) is 14.2. The zero-order valence-corrected chi connectivity index (χ0v) is 12.4. The van der Waals surface area contributed by atoms with Crippen LogP contribution in [0.1, 0.15) is 12.8 Å². The lowest BCUT2D eigenvalue weighted by Gasteiger charge is -2.39. The van der Waals surface area contributed by atoms with Gasteiger partial charge in [0.2, 0.25) is 0 Å². The van der Waals surface area contributed by atoms with Gasteiger partial charge in [-0.1, -0.05) is 0 Å². The van der Waals surface area contributed by atoms with Crippen LogP contribution in [-0.2, 0) is 19.3 Å². The maximum Gasteiger partial charge on any atom is 0.186 e. The number of anilines is 1. The summed E-state index contributed by atoms with van der Waals surface area (Å²) in [5.74, 6) is -0.465. The molecular formula is C14H19NO4S. The van der Waals surface area contributed by atoms with Gasteiger partial charge in [0.15, 0.2) is 15.6 Å². The summed E-state index contributed by atoms with van der Waals surface area (Å²) >= 11 is 0. The third kappa shape index (κ3) is 2.68. The number of sulfone groups is 1. The highest BCUT2D eigenvalue weighted by Crippen LogP contribution is 2.32. The summed E-state index contributed by atoms with van der Waals surface area (Å²) in [6.07, 6.45) is 3.15. The predicted molar refractivity (Wildman–Crippen MR) is 75.6 cm³/mol. The van der Waals surface area contributed by atoms with Gasteiger partial charge in [0, 0.05) is 24.9 Å². The average molecular weight is 297 g/mol. The van der Waals surface area contributed by atoms with E-state index in [2.05, 4.69) is 4.90 Å². The van der Waals surface area contributed by atoms with Gasteiger partial charge >= 0.3 is 0 Å². The normalized spacial score (nSPS) is 22.4. The number of piperidine rings is 1. The fraction of sp³-hybridized carbons (Fsp3) is 0.571. The topological polar surface area (TPSA) is 55.8 Å². The Kier molecular flexibility index (Phi) is 3.48. The van der Waals surface area contributed by atoms with Crippen molar-refractivity contribution < 1.29 is 17.9 Å². The Morgan fingerprint density at radius 1 is 1.15 bits per heavy atom. The molecule has 0 N–H and O–H groups in total. The lowest BCUT2D eigenvalue weighted by atomic mass is 10.0. The molecule has 1 spiro atoms. The van der Waals surface area contributed by atoms with E-state index < -0.39 is 15.6 Å². The Hall–Kier alpha value is -1.11. The Morgan fingerprint density at radius 3 is 2.40 bits per heavy atom. The molecule has 2 saturated heterocycles. The molecule has 20 heavy (non-hydrogen) atoms. The summed E-state index contributed by atoms with van der Waals surface area (Å²) in [6, 6.07) is 7.01. The van der Waals surface area contributed by atoms with Crippen LogP contribution in [0.2, 0.25) is 0 Å². The quantitative estimate of drug-likeness (QED) is 0.826. The summed E-state index contributed by atoms with van der Waals surface area (Å²) in [6.45, 7) is 2.94. The maximum absolute atomic E-state index is 11.5. The van der Waals surface area contributed by atoms with Crippen LogP contribution in [0.25, 0.3) is 0 Å². The number of benzene rings is 1. The van der Waals surface area contributed by atoms with Crippen LogP contribution in [0, 0.1) is 0 Å². The number of rotatable bonds is 2. The van der Waals surface area contributed by atoms with Gasteiger partial charge in [0.25, 0.3) is 0 Å². The first-order chi connectivity index (χ1) is 9.49. The molecule has 2 fully saturated rings. The summed E-state index contributed by atoms with van der Waals surface area (Å²) in [5, 5.41) is 0. The molecule has 0 unspecified atom stereocenters. The van der Waals surface area contributed by atoms with E-state index in [9.17, 15) is 8.42 Å². The Labute approximate surface area is 119 Å². The molecule has 1 aromatic carbocycles. The van der Waals surface area contributed by atoms with Crippen molar-refractivity contribution in [1.29, 1.82) is 0 Å². The molecule has 110 valence electrons. The molecule has 0 radical (unpaired) electrons. The Morgan fingerprint density at radius 2 is 1.80 bits per heavy atom. The van der Waals surface area contributed by atoms with E-state index >= 15 is 0 Å². The summed E-state index contributed by atoms with van der Waals surface area (Å²) < 4.78 is 34.4. The molecule has 0 atom stereocenters. The number of nitrogens with zero attached hydrogens (tertiary/aromatic N) is 1. The zero-order valence-electron chi connectivity index (χ0n) is 11.5. The molecule has 2 aliphatic rings. The highest BCUT2D eigenvalue weighted by Gasteiger charge is 2.40. The SMILES string of the molecule is CS(=O)(=O)c1ccc(N2CCCC3(C2)OCCO3)cc1. The van der Waals surface area contributed by atoms with E-state index in [1.54, 1.807) is 12.1 Å². The van der Waals surface area contributed by atoms with E-state index in [0.29, 0.717) is 24.7 Å². The first-order valence-corrected chi connectivity index (χ1v) is 8.71. The maximum atomic E-state index is 11.5. The van der Waals surface area contributed by atoms with Crippen molar-refractivity contribution in [2.45, 2.75) is 23.5 Å². The fourth-order valence-corrected chi connectivity index (χ4v) is 3.48. The van der Waals surface area contributed by atoms with E-state index in [-0.39, 0.29) is 0 Å². The fourth-order valence-electron chi connectivity index (χ4n) is 2.85. The van der Waals surface area contributed by atoms with Crippen LogP contribution in [-0.4, -0.2) is 46.8 Å². The van der Waals surface area contributed by atoms with Gasteiger partial charge in [0.1, 0.15) is 0 Å². The molecule has 0 amide bonds. The minimum atomic E-state index is -3.14. The molecule has 5 nitrogen and oxygen atoms in total. The van der Waals surface area contributed by atoms with Crippen LogP contribution < -0.4 is 4.90 Å². The van der Waals surface area contributed by atoms with E-state index in [1.165, 1.54) is 6.26 Å². The molecule has 0 aliphatic carbocycles. The second-order valence-corrected chi connectivity index (χ2v) is 7.41. The third-order valence-electron chi connectivity index (χ3n) is 3.86. The first-order valence-electron chi connectivity index (χ1n) is 6.82. The lowest BCUT2D eigenvalue weighted by Crippen LogP contribution is -2.49.